The zero-order chi connectivity index (χ0) is 6.91. The Labute approximate surface area is 52.3 Å². The summed E-state index contributed by atoms with van der Waals surface area (Å²) in [5.74, 6) is 0. The number of nitrogens with one attached hydrogen (secondary N) is 1. The molecule has 5 heteroatoms. The van der Waals surface area contributed by atoms with Crippen LogP contribution in [0.5, 0.6) is 0 Å². The average Bonchev–Trinajstić information content (AvgIpc) is 2.08. The molecular formula is C4H5NO3S. The van der Waals surface area contributed by atoms with E-state index in [9.17, 15) is 8.42 Å². The molecule has 0 aliphatic carbocycles. The van der Waals surface area contributed by atoms with Gasteiger partial charge in [0.25, 0.3) is 10.1 Å². The molecule has 0 saturated carbocycles. The maximum Gasteiger partial charge on any atom is 0.296 e. The lowest BCUT2D eigenvalue weighted by molar-refractivity contribution is 0.483. The molecule has 1 heterocycles. The Hall–Kier alpha value is -0.810. The van der Waals surface area contributed by atoms with E-state index in [1.807, 2.05) is 0 Å². The van der Waals surface area contributed by atoms with Crippen molar-refractivity contribution in [2.75, 3.05) is 0 Å². The Morgan fingerprint density at radius 1 is 1.56 bits per heavy atom. The first-order valence-electron chi connectivity index (χ1n) is 2.21. The third kappa shape index (κ3) is 1.30. The van der Waals surface area contributed by atoms with E-state index < -0.39 is 10.1 Å². The van der Waals surface area contributed by atoms with Crippen LogP contribution in [0, 0.1) is 0 Å². The van der Waals surface area contributed by atoms with Gasteiger partial charge in [-0.2, -0.15) is 8.42 Å². The van der Waals surface area contributed by atoms with Crippen molar-refractivity contribution in [2.45, 2.75) is 4.90 Å². The molecule has 0 radical (unpaired) electrons. The molecule has 4 nitrogen and oxygen atoms in total. The predicted octanol–water partition coefficient (Wildman–Crippen LogP) is 0.261. The summed E-state index contributed by atoms with van der Waals surface area (Å²) in [6.45, 7) is 0. The number of aromatic amines is 1. The first-order valence-corrected chi connectivity index (χ1v) is 3.65. The molecule has 0 unspecified atom stereocenters. The summed E-state index contributed by atoms with van der Waals surface area (Å²) < 4.78 is 28.8. The Morgan fingerprint density at radius 2 is 2.22 bits per heavy atom. The number of hydrogen-bond donors (Lipinski definition) is 2. The summed E-state index contributed by atoms with van der Waals surface area (Å²) in [4.78, 5) is 2.39. The minimum Gasteiger partial charge on any atom is -0.366 e. The Morgan fingerprint density at radius 3 is 2.44 bits per heavy atom. The van der Waals surface area contributed by atoms with E-state index in [-0.39, 0.29) is 4.90 Å². The smallest absolute Gasteiger partial charge is 0.296 e. The van der Waals surface area contributed by atoms with E-state index in [0.29, 0.717) is 0 Å². The minimum absolute atomic E-state index is 0.109. The molecule has 1 aromatic heterocycles. The van der Waals surface area contributed by atoms with E-state index in [2.05, 4.69) is 4.98 Å². The quantitative estimate of drug-likeness (QED) is 0.560. The van der Waals surface area contributed by atoms with Gasteiger partial charge in [-0.1, -0.05) is 0 Å². The van der Waals surface area contributed by atoms with Crippen molar-refractivity contribution in [1.82, 2.24) is 4.98 Å². The molecule has 0 bridgehead atoms. The third-order valence-electron chi connectivity index (χ3n) is 0.867. The molecule has 2 N–H and O–H groups in total. The van der Waals surface area contributed by atoms with Crippen LogP contribution in [-0.4, -0.2) is 18.0 Å². The van der Waals surface area contributed by atoms with Crippen LogP contribution in [0.4, 0.5) is 0 Å². The van der Waals surface area contributed by atoms with Gasteiger partial charge in [-0.25, -0.2) is 0 Å². The van der Waals surface area contributed by atoms with Gasteiger partial charge in [-0.05, 0) is 6.07 Å². The van der Waals surface area contributed by atoms with Crippen molar-refractivity contribution in [2.24, 2.45) is 0 Å². The second-order valence-electron chi connectivity index (χ2n) is 1.52. The molecular weight excluding hydrogens is 142 g/mol. The van der Waals surface area contributed by atoms with Crippen molar-refractivity contribution < 1.29 is 13.0 Å². The minimum atomic E-state index is -3.99. The second kappa shape index (κ2) is 1.85. The Balaban J connectivity index is 3.20. The van der Waals surface area contributed by atoms with E-state index >= 15 is 0 Å². The van der Waals surface area contributed by atoms with Crippen molar-refractivity contribution in [1.29, 1.82) is 0 Å². The largest absolute Gasteiger partial charge is 0.366 e. The van der Waals surface area contributed by atoms with Gasteiger partial charge in [0.1, 0.15) is 4.90 Å². The van der Waals surface area contributed by atoms with Crippen LogP contribution in [0.3, 0.4) is 0 Å². The summed E-state index contributed by atoms with van der Waals surface area (Å²) in [5.41, 5.74) is 0. The van der Waals surface area contributed by atoms with Gasteiger partial charge >= 0.3 is 0 Å². The first-order chi connectivity index (χ1) is 4.11. The summed E-state index contributed by atoms with van der Waals surface area (Å²) in [6, 6.07) is 1.27. The van der Waals surface area contributed by atoms with Crippen LogP contribution in [0.25, 0.3) is 0 Å². The third-order valence-corrected chi connectivity index (χ3v) is 1.72. The van der Waals surface area contributed by atoms with Crippen LogP contribution >= 0.6 is 0 Å². The van der Waals surface area contributed by atoms with Crippen LogP contribution < -0.4 is 0 Å². The Bertz CT molecular complexity index is 273. The number of hydrogen-bond acceptors (Lipinski definition) is 2. The van der Waals surface area contributed by atoms with Gasteiger partial charge in [-0.15, -0.1) is 0 Å². The molecule has 0 spiro atoms. The van der Waals surface area contributed by atoms with E-state index in [0.717, 1.165) is 0 Å². The van der Waals surface area contributed by atoms with Crippen molar-refractivity contribution >= 4 is 10.1 Å². The Kier molecular flexibility index (Phi) is 1.30. The average molecular weight is 147 g/mol. The van der Waals surface area contributed by atoms with Gasteiger partial charge in [0.05, 0.1) is 0 Å². The lowest BCUT2D eigenvalue weighted by Gasteiger charge is -1.85. The summed E-state index contributed by atoms with van der Waals surface area (Å²) >= 11 is 0. The maximum atomic E-state index is 10.2. The van der Waals surface area contributed by atoms with E-state index in [1.54, 1.807) is 0 Å². The molecule has 1 aromatic rings. The lowest BCUT2D eigenvalue weighted by atomic mass is 10.7. The normalized spacial score (nSPS) is 11.7. The van der Waals surface area contributed by atoms with Gasteiger partial charge < -0.3 is 4.98 Å². The van der Waals surface area contributed by atoms with Crippen LogP contribution in [0.15, 0.2) is 23.4 Å². The summed E-state index contributed by atoms with van der Waals surface area (Å²) in [7, 11) is -3.99. The number of H-pyrrole nitrogens is 1. The summed E-state index contributed by atoms with van der Waals surface area (Å²) in [6.07, 6.45) is 2.62. The number of aromatic nitrogens is 1. The lowest BCUT2D eigenvalue weighted by Crippen LogP contribution is -1.94. The van der Waals surface area contributed by atoms with Crippen LogP contribution in [0.2, 0.25) is 0 Å². The molecule has 0 fully saturated rings. The fraction of sp³-hybridized carbons (Fsp3) is 0. The first kappa shape index (κ1) is 6.31. The topological polar surface area (TPSA) is 70.2 Å². The molecule has 0 aromatic carbocycles. The molecule has 9 heavy (non-hydrogen) atoms. The molecule has 0 aliphatic heterocycles. The highest BCUT2D eigenvalue weighted by molar-refractivity contribution is 7.85. The SMILES string of the molecule is O=S(=O)(O)c1cc[nH]c1. The summed E-state index contributed by atoms with van der Waals surface area (Å²) in [5, 5.41) is 0. The molecule has 0 amide bonds. The molecule has 0 saturated heterocycles. The standard InChI is InChI=1S/C4H5NO3S/c6-9(7,8)4-1-2-5-3-4/h1-3,5H,(H,6,7,8). The van der Waals surface area contributed by atoms with Crippen molar-refractivity contribution in [3.63, 3.8) is 0 Å². The highest BCUT2D eigenvalue weighted by Crippen LogP contribution is 2.03. The van der Waals surface area contributed by atoms with Crippen LogP contribution in [-0.2, 0) is 10.1 Å². The van der Waals surface area contributed by atoms with Gasteiger partial charge in [0, 0.05) is 12.4 Å². The van der Waals surface area contributed by atoms with Crippen LogP contribution in [0.1, 0.15) is 0 Å². The zero-order valence-electron chi connectivity index (χ0n) is 4.40. The molecule has 0 aliphatic rings. The van der Waals surface area contributed by atoms with Crippen molar-refractivity contribution in [3.05, 3.63) is 18.5 Å². The second-order valence-corrected chi connectivity index (χ2v) is 2.94. The van der Waals surface area contributed by atoms with E-state index in [1.165, 1.54) is 18.5 Å². The maximum absolute atomic E-state index is 10.2. The molecule has 0 atom stereocenters. The van der Waals surface area contributed by atoms with Gasteiger partial charge in [-0.3, -0.25) is 4.55 Å². The predicted molar refractivity (Wildman–Crippen MR) is 30.6 cm³/mol. The molecule has 50 valence electrons. The van der Waals surface area contributed by atoms with Gasteiger partial charge in [0.2, 0.25) is 0 Å². The van der Waals surface area contributed by atoms with Gasteiger partial charge in [0.15, 0.2) is 0 Å². The van der Waals surface area contributed by atoms with Crippen molar-refractivity contribution in [3.8, 4) is 0 Å². The molecule has 1 rings (SSSR count). The fourth-order valence-electron chi connectivity index (χ4n) is 0.469. The number of rotatable bonds is 1. The zero-order valence-corrected chi connectivity index (χ0v) is 5.22. The monoisotopic (exact) mass is 147 g/mol. The van der Waals surface area contributed by atoms with E-state index in [4.69, 9.17) is 4.55 Å². The fourth-order valence-corrected chi connectivity index (χ4v) is 0.926. The highest BCUT2D eigenvalue weighted by Gasteiger charge is 2.07. The highest BCUT2D eigenvalue weighted by atomic mass is 32.2.